The molecular weight excluding hydrogens is 356 g/mol. The van der Waals surface area contributed by atoms with Gasteiger partial charge in [-0.3, -0.25) is 0 Å². The fourth-order valence-corrected chi connectivity index (χ4v) is 4.44. The maximum Gasteiger partial charge on any atom is 0.338 e. The van der Waals surface area contributed by atoms with Crippen LogP contribution in [-0.2, 0) is 19.3 Å². The topological polar surface area (TPSA) is 78.9 Å². The maximum absolute atomic E-state index is 12.2. The second-order valence-corrected chi connectivity index (χ2v) is 7.96. The van der Waals surface area contributed by atoms with Gasteiger partial charge in [-0.05, 0) is 36.8 Å². The number of benzene rings is 2. The highest BCUT2D eigenvalue weighted by Gasteiger charge is 2.30. The van der Waals surface area contributed by atoms with E-state index in [1.165, 1.54) is 0 Å². The predicted octanol–water partition coefficient (Wildman–Crippen LogP) is 2.79. The van der Waals surface area contributed by atoms with Gasteiger partial charge in [0.05, 0.1) is 22.3 Å². The van der Waals surface area contributed by atoms with E-state index < -0.39 is 15.8 Å². The third-order valence-electron chi connectivity index (χ3n) is 4.19. The number of hydrogen-bond acceptors (Lipinski definition) is 6. The minimum Gasteiger partial charge on any atom is -0.490 e. The summed E-state index contributed by atoms with van der Waals surface area (Å²) in [7, 11) is -1.72. The Labute approximate surface area is 152 Å². The number of hydrogen-bond donors (Lipinski definition) is 0. The smallest absolute Gasteiger partial charge is 0.338 e. The summed E-state index contributed by atoms with van der Waals surface area (Å²) in [4.78, 5) is 12.1. The molecule has 1 heterocycles. The molecule has 138 valence electrons. The van der Waals surface area contributed by atoms with Crippen LogP contribution in [0.4, 0.5) is 0 Å². The Hall–Kier alpha value is -2.38. The molecule has 2 aromatic carbocycles. The molecule has 0 amide bonds. The first-order valence-electron chi connectivity index (χ1n) is 8.26. The Kier molecular flexibility index (Phi) is 5.58. The third-order valence-corrected chi connectivity index (χ3v) is 6.01. The van der Waals surface area contributed by atoms with Crippen LogP contribution in [-0.4, -0.2) is 40.5 Å². The Balaban J connectivity index is 1.60. The number of carbonyl (C=O) groups is 1. The summed E-state index contributed by atoms with van der Waals surface area (Å²) >= 11 is 0. The zero-order valence-corrected chi connectivity index (χ0v) is 15.2. The van der Waals surface area contributed by atoms with E-state index in [1.807, 2.05) is 6.07 Å². The second-order valence-electron chi connectivity index (χ2n) is 5.88. The van der Waals surface area contributed by atoms with Crippen molar-refractivity contribution >= 4 is 15.8 Å². The second kappa shape index (κ2) is 7.88. The Morgan fingerprint density at radius 2 is 1.88 bits per heavy atom. The first-order valence-corrected chi connectivity index (χ1v) is 9.91. The van der Waals surface area contributed by atoms with Gasteiger partial charge in [-0.15, -0.1) is 0 Å². The molecule has 1 atom stereocenters. The molecule has 0 fully saturated rings. The average Bonchev–Trinajstić information content (AvgIpc) is 2.66. The average molecular weight is 376 g/mol. The van der Waals surface area contributed by atoms with Crippen molar-refractivity contribution in [2.45, 2.75) is 17.4 Å². The van der Waals surface area contributed by atoms with Crippen LogP contribution >= 0.6 is 0 Å². The van der Waals surface area contributed by atoms with Gasteiger partial charge < -0.3 is 14.2 Å². The minimum atomic E-state index is -3.27. The van der Waals surface area contributed by atoms with Crippen LogP contribution in [0, 0.1) is 0 Å². The zero-order chi connectivity index (χ0) is 18.6. The van der Waals surface area contributed by atoms with E-state index in [0.717, 1.165) is 0 Å². The molecule has 0 radical (unpaired) electrons. The number of carbonyl (C=O) groups excluding carboxylic acids is 1. The van der Waals surface area contributed by atoms with Crippen molar-refractivity contribution < 1.29 is 27.4 Å². The lowest BCUT2D eigenvalue weighted by atomic mass is 10.1. The maximum atomic E-state index is 12.2. The van der Waals surface area contributed by atoms with Gasteiger partial charge in [-0.25, -0.2) is 13.2 Å². The summed E-state index contributed by atoms with van der Waals surface area (Å²) < 4.78 is 40.5. The van der Waals surface area contributed by atoms with Crippen LogP contribution in [0.15, 0.2) is 53.4 Å². The molecule has 26 heavy (non-hydrogen) atoms. The molecule has 1 unspecified atom stereocenters. The normalized spacial score (nSPS) is 18.0. The molecular formula is C19H20O6S. The molecule has 1 aliphatic rings. The van der Waals surface area contributed by atoms with Crippen LogP contribution in [0.1, 0.15) is 28.4 Å². The van der Waals surface area contributed by atoms with Gasteiger partial charge >= 0.3 is 5.97 Å². The number of methoxy groups -OCH3 is 1. The van der Waals surface area contributed by atoms with Gasteiger partial charge in [0.1, 0.15) is 19.0 Å². The molecule has 7 heteroatoms. The minimum absolute atomic E-state index is 0.0775. The number of rotatable bonds is 6. The summed E-state index contributed by atoms with van der Waals surface area (Å²) in [5.74, 6) is 0.178. The molecule has 0 aliphatic carbocycles. The van der Waals surface area contributed by atoms with Gasteiger partial charge in [0.15, 0.2) is 9.84 Å². The van der Waals surface area contributed by atoms with Crippen LogP contribution in [0.25, 0.3) is 0 Å². The van der Waals surface area contributed by atoms with Crippen LogP contribution < -0.4 is 4.74 Å². The zero-order valence-electron chi connectivity index (χ0n) is 14.4. The van der Waals surface area contributed by atoms with Crippen LogP contribution in [0.3, 0.4) is 0 Å². The lowest BCUT2D eigenvalue weighted by Crippen LogP contribution is -2.21. The van der Waals surface area contributed by atoms with E-state index in [1.54, 1.807) is 49.6 Å². The number of fused-ring (bicyclic) bond motifs is 1. The lowest BCUT2D eigenvalue weighted by Gasteiger charge is -2.24. The van der Waals surface area contributed by atoms with Crippen molar-refractivity contribution in [2.24, 2.45) is 0 Å². The molecule has 2 aromatic rings. The molecule has 0 bridgehead atoms. The monoisotopic (exact) mass is 376 g/mol. The Bertz CT molecular complexity index is 876. The lowest BCUT2D eigenvalue weighted by molar-refractivity contribution is 0.0450. The van der Waals surface area contributed by atoms with Gasteiger partial charge in [-0.1, -0.05) is 18.2 Å². The van der Waals surface area contributed by atoms with Crippen molar-refractivity contribution in [1.29, 1.82) is 0 Å². The van der Waals surface area contributed by atoms with E-state index in [2.05, 4.69) is 0 Å². The third kappa shape index (κ3) is 4.05. The highest BCUT2D eigenvalue weighted by molar-refractivity contribution is 7.91. The van der Waals surface area contributed by atoms with E-state index in [0.29, 0.717) is 28.2 Å². The summed E-state index contributed by atoms with van der Waals surface area (Å²) in [6, 6.07) is 13.5. The van der Waals surface area contributed by atoms with E-state index in [4.69, 9.17) is 14.2 Å². The van der Waals surface area contributed by atoms with Gasteiger partial charge in [0, 0.05) is 12.7 Å². The fraction of sp³-hybridized carbons (Fsp3) is 0.316. The molecule has 0 spiro atoms. The number of esters is 1. The van der Waals surface area contributed by atoms with E-state index >= 15 is 0 Å². The van der Waals surface area contributed by atoms with Gasteiger partial charge in [0.2, 0.25) is 0 Å². The van der Waals surface area contributed by atoms with Gasteiger partial charge in [0.25, 0.3) is 0 Å². The summed E-state index contributed by atoms with van der Waals surface area (Å²) in [5.41, 5.74) is 1.09. The summed E-state index contributed by atoms with van der Waals surface area (Å²) in [6.45, 7) is 0.262. The standard InChI is InChI=1S/C19H20O6S/c1-23-17-9-12-26(21,22)18-8-7-15(13-16(17)18)24-10-11-25-19(20)14-5-3-2-4-6-14/h2-8,13,17H,9-12H2,1H3. The molecule has 0 saturated heterocycles. The molecule has 3 rings (SSSR count). The Morgan fingerprint density at radius 1 is 1.12 bits per heavy atom. The van der Waals surface area contributed by atoms with E-state index in [-0.39, 0.29) is 25.1 Å². The molecule has 0 N–H and O–H groups in total. The Morgan fingerprint density at radius 3 is 2.62 bits per heavy atom. The quantitative estimate of drug-likeness (QED) is 0.570. The van der Waals surface area contributed by atoms with Crippen molar-refractivity contribution in [1.82, 2.24) is 0 Å². The van der Waals surface area contributed by atoms with Crippen molar-refractivity contribution in [3.63, 3.8) is 0 Å². The van der Waals surface area contributed by atoms with Crippen molar-refractivity contribution in [2.75, 3.05) is 26.1 Å². The highest BCUT2D eigenvalue weighted by Crippen LogP contribution is 2.36. The SMILES string of the molecule is COC1CCS(=O)(=O)c2ccc(OCCOC(=O)c3ccccc3)cc21. The fourth-order valence-electron chi connectivity index (χ4n) is 2.88. The molecule has 0 saturated carbocycles. The van der Waals surface area contributed by atoms with Crippen LogP contribution in [0.2, 0.25) is 0 Å². The van der Waals surface area contributed by atoms with Crippen molar-refractivity contribution in [3.8, 4) is 5.75 Å². The first-order chi connectivity index (χ1) is 12.5. The first kappa shape index (κ1) is 18.4. The van der Waals surface area contributed by atoms with Crippen LogP contribution in [0.5, 0.6) is 5.75 Å². The predicted molar refractivity (Wildman–Crippen MR) is 95.1 cm³/mol. The number of sulfone groups is 1. The molecule has 1 aliphatic heterocycles. The number of ether oxygens (including phenoxy) is 3. The summed E-state index contributed by atoms with van der Waals surface area (Å²) in [6.07, 6.45) is 0.150. The molecule has 6 nitrogen and oxygen atoms in total. The van der Waals surface area contributed by atoms with Gasteiger partial charge in [-0.2, -0.15) is 0 Å². The summed E-state index contributed by atoms with van der Waals surface area (Å²) in [5, 5.41) is 0. The molecule has 0 aromatic heterocycles. The largest absolute Gasteiger partial charge is 0.490 e. The highest BCUT2D eigenvalue weighted by atomic mass is 32.2. The van der Waals surface area contributed by atoms with E-state index in [9.17, 15) is 13.2 Å². The van der Waals surface area contributed by atoms with Crippen molar-refractivity contribution in [3.05, 3.63) is 59.7 Å².